The van der Waals surface area contributed by atoms with Gasteiger partial charge in [0.15, 0.2) is 5.16 Å². The van der Waals surface area contributed by atoms with Gasteiger partial charge in [0, 0.05) is 16.6 Å². The fourth-order valence-corrected chi connectivity index (χ4v) is 4.90. The van der Waals surface area contributed by atoms with Crippen LogP contribution in [0.15, 0.2) is 76.7 Å². The molecule has 10 heteroatoms. The smallest absolute Gasteiger partial charge is 0.349 e. The summed E-state index contributed by atoms with van der Waals surface area (Å²) in [6.45, 7) is 3.84. The third kappa shape index (κ3) is 4.72. The van der Waals surface area contributed by atoms with E-state index in [9.17, 15) is 22.8 Å². The second kappa shape index (κ2) is 9.44. The first-order valence-electron chi connectivity index (χ1n) is 11.3. The summed E-state index contributed by atoms with van der Waals surface area (Å²) in [6.07, 6.45) is -4.59. The number of alkyl halides is 3. The standard InChI is InChI=1S/C27H21F3N4O2S/c1-15-7-5-12-20(16(15)2)31-22(35)14-37-26-33-23-19-10-3-4-11-21(19)32-24(23)25(36)34(26)18-9-6-8-17(13-18)27(28,29)30/h3-13,32H,14H2,1-2H3,(H,31,35). The van der Waals surface area contributed by atoms with Crippen LogP contribution in [0.4, 0.5) is 18.9 Å². The van der Waals surface area contributed by atoms with Crippen LogP contribution in [0.2, 0.25) is 0 Å². The summed E-state index contributed by atoms with van der Waals surface area (Å²) in [5, 5.41) is 3.67. The van der Waals surface area contributed by atoms with Crippen molar-refractivity contribution in [3.8, 4) is 5.69 Å². The molecule has 5 aromatic rings. The number of nitrogens with one attached hydrogen (secondary N) is 2. The summed E-state index contributed by atoms with van der Waals surface area (Å²) in [4.78, 5) is 34.1. The van der Waals surface area contributed by atoms with Crippen LogP contribution in [0.5, 0.6) is 0 Å². The molecule has 0 saturated heterocycles. The molecule has 3 aromatic carbocycles. The first kappa shape index (κ1) is 24.6. The average Bonchev–Trinajstić information content (AvgIpc) is 3.24. The molecule has 5 rings (SSSR count). The summed E-state index contributed by atoms with van der Waals surface area (Å²) in [5.74, 6) is -0.435. The van der Waals surface area contributed by atoms with E-state index < -0.39 is 17.3 Å². The Balaban J connectivity index is 1.59. The van der Waals surface area contributed by atoms with Gasteiger partial charge >= 0.3 is 6.18 Å². The van der Waals surface area contributed by atoms with E-state index in [1.165, 1.54) is 12.1 Å². The van der Waals surface area contributed by atoms with Crippen LogP contribution >= 0.6 is 11.8 Å². The lowest BCUT2D eigenvalue weighted by molar-refractivity contribution is -0.137. The fourth-order valence-electron chi connectivity index (χ4n) is 4.09. The first-order chi connectivity index (χ1) is 17.6. The van der Waals surface area contributed by atoms with Gasteiger partial charge in [0.05, 0.1) is 17.0 Å². The number of aryl methyl sites for hydroxylation is 1. The third-order valence-corrected chi connectivity index (χ3v) is 7.08. The molecule has 0 atom stereocenters. The van der Waals surface area contributed by atoms with Gasteiger partial charge in [-0.15, -0.1) is 0 Å². The molecule has 2 aromatic heterocycles. The zero-order valence-corrected chi connectivity index (χ0v) is 20.6. The van der Waals surface area contributed by atoms with Crippen molar-refractivity contribution in [1.82, 2.24) is 14.5 Å². The van der Waals surface area contributed by atoms with Crippen LogP contribution in [0.1, 0.15) is 16.7 Å². The topological polar surface area (TPSA) is 79.8 Å². The number of benzene rings is 3. The van der Waals surface area contributed by atoms with Crippen LogP contribution < -0.4 is 10.9 Å². The summed E-state index contributed by atoms with van der Waals surface area (Å²) in [7, 11) is 0. The molecule has 188 valence electrons. The van der Waals surface area contributed by atoms with Crippen LogP contribution in [0.25, 0.3) is 27.6 Å². The number of amides is 1. The number of carbonyl (C=O) groups is 1. The maximum absolute atomic E-state index is 13.6. The van der Waals surface area contributed by atoms with Gasteiger partial charge in [-0.05, 0) is 55.3 Å². The van der Waals surface area contributed by atoms with Crippen LogP contribution in [0.3, 0.4) is 0 Å². The highest BCUT2D eigenvalue weighted by Gasteiger charge is 2.31. The van der Waals surface area contributed by atoms with Gasteiger partial charge in [-0.1, -0.05) is 48.2 Å². The van der Waals surface area contributed by atoms with Crippen molar-refractivity contribution in [2.24, 2.45) is 0 Å². The monoisotopic (exact) mass is 522 g/mol. The highest BCUT2D eigenvalue weighted by molar-refractivity contribution is 7.99. The van der Waals surface area contributed by atoms with Crippen molar-refractivity contribution in [2.75, 3.05) is 11.1 Å². The zero-order chi connectivity index (χ0) is 26.3. The second-order valence-electron chi connectivity index (χ2n) is 8.56. The van der Waals surface area contributed by atoms with E-state index >= 15 is 0 Å². The van der Waals surface area contributed by atoms with Gasteiger partial charge in [-0.2, -0.15) is 13.2 Å². The lowest BCUT2D eigenvalue weighted by Gasteiger charge is -2.14. The highest BCUT2D eigenvalue weighted by Crippen LogP contribution is 2.32. The van der Waals surface area contributed by atoms with Crippen molar-refractivity contribution in [3.05, 3.63) is 93.8 Å². The number of para-hydroxylation sites is 1. The summed E-state index contributed by atoms with van der Waals surface area (Å²) < 4.78 is 41.4. The zero-order valence-electron chi connectivity index (χ0n) is 19.8. The number of rotatable bonds is 5. The Bertz CT molecular complexity index is 1720. The van der Waals surface area contributed by atoms with Gasteiger partial charge in [0.1, 0.15) is 11.0 Å². The quantitative estimate of drug-likeness (QED) is 0.212. The van der Waals surface area contributed by atoms with E-state index in [2.05, 4.69) is 15.3 Å². The number of nitrogens with zero attached hydrogens (tertiary/aromatic N) is 2. The molecule has 0 fully saturated rings. The molecule has 0 saturated carbocycles. The summed E-state index contributed by atoms with van der Waals surface area (Å²) in [5.41, 5.74) is 2.41. The fraction of sp³-hybridized carbons (Fsp3) is 0.148. The molecule has 0 aliphatic heterocycles. The molecule has 37 heavy (non-hydrogen) atoms. The number of hydrogen-bond acceptors (Lipinski definition) is 4. The Labute approximate surface area is 213 Å². The van der Waals surface area contributed by atoms with Gasteiger partial charge in [-0.3, -0.25) is 14.2 Å². The molecule has 0 bridgehead atoms. The van der Waals surface area contributed by atoms with E-state index in [0.717, 1.165) is 39.6 Å². The maximum Gasteiger partial charge on any atom is 0.416 e. The predicted octanol–water partition coefficient (Wildman–Crippen LogP) is 6.23. The Morgan fingerprint density at radius 1 is 1.05 bits per heavy atom. The lowest BCUT2D eigenvalue weighted by Crippen LogP contribution is -2.23. The summed E-state index contributed by atoms with van der Waals surface area (Å²) in [6, 6.07) is 17.2. The number of fused-ring (bicyclic) bond motifs is 3. The molecule has 2 heterocycles. The maximum atomic E-state index is 13.6. The minimum absolute atomic E-state index is 0.00492. The number of aromatic amines is 1. The molecule has 0 aliphatic carbocycles. The van der Waals surface area contributed by atoms with Crippen molar-refractivity contribution >= 4 is 45.3 Å². The molecule has 6 nitrogen and oxygen atoms in total. The number of hydrogen-bond donors (Lipinski definition) is 2. The number of thioether (sulfide) groups is 1. The molecule has 0 radical (unpaired) electrons. The minimum atomic E-state index is -4.59. The highest BCUT2D eigenvalue weighted by atomic mass is 32.2. The number of anilines is 1. The van der Waals surface area contributed by atoms with E-state index in [4.69, 9.17) is 0 Å². The van der Waals surface area contributed by atoms with E-state index in [-0.39, 0.29) is 28.0 Å². The number of carbonyl (C=O) groups excluding carboxylic acids is 1. The Morgan fingerprint density at radius 3 is 2.59 bits per heavy atom. The number of H-pyrrole nitrogens is 1. The van der Waals surface area contributed by atoms with Crippen molar-refractivity contribution in [2.45, 2.75) is 25.2 Å². The summed E-state index contributed by atoms with van der Waals surface area (Å²) >= 11 is 0.978. The van der Waals surface area contributed by atoms with Gasteiger partial charge in [0.25, 0.3) is 5.56 Å². The Kier molecular flexibility index (Phi) is 6.28. The third-order valence-electron chi connectivity index (χ3n) is 6.14. The minimum Gasteiger partial charge on any atom is -0.349 e. The number of aromatic nitrogens is 3. The molecule has 0 unspecified atom stereocenters. The van der Waals surface area contributed by atoms with E-state index in [1.807, 2.05) is 26.0 Å². The molecular formula is C27H21F3N4O2S. The van der Waals surface area contributed by atoms with Gasteiger partial charge in [-0.25, -0.2) is 4.98 Å². The van der Waals surface area contributed by atoms with Crippen molar-refractivity contribution in [1.29, 1.82) is 0 Å². The first-order valence-corrected chi connectivity index (χ1v) is 12.3. The second-order valence-corrected chi connectivity index (χ2v) is 9.50. The number of halogens is 3. The molecular weight excluding hydrogens is 501 g/mol. The average molecular weight is 523 g/mol. The molecule has 1 amide bonds. The van der Waals surface area contributed by atoms with Crippen molar-refractivity contribution < 1.29 is 18.0 Å². The van der Waals surface area contributed by atoms with Gasteiger partial charge < -0.3 is 10.3 Å². The van der Waals surface area contributed by atoms with Crippen LogP contribution in [-0.4, -0.2) is 26.2 Å². The largest absolute Gasteiger partial charge is 0.416 e. The normalized spacial score (nSPS) is 11.8. The Hall–Kier alpha value is -4.05. The van der Waals surface area contributed by atoms with Crippen LogP contribution in [-0.2, 0) is 11.0 Å². The van der Waals surface area contributed by atoms with Gasteiger partial charge in [0.2, 0.25) is 5.91 Å². The molecule has 0 aliphatic rings. The van der Waals surface area contributed by atoms with E-state index in [1.54, 1.807) is 30.3 Å². The van der Waals surface area contributed by atoms with Crippen molar-refractivity contribution in [3.63, 3.8) is 0 Å². The lowest BCUT2D eigenvalue weighted by atomic mass is 10.1. The Morgan fingerprint density at radius 2 is 1.81 bits per heavy atom. The van der Waals surface area contributed by atoms with E-state index in [0.29, 0.717) is 22.1 Å². The molecule has 0 spiro atoms. The molecule has 2 N–H and O–H groups in total. The predicted molar refractivity (Wildman–Crippen MR) is 139 cm³/mol. The van der Waals surface area contributed by atoms with Crippen LogP contribution in [0, 0.1) is 13.8 Å². The SMILES string of the molecule is Cc1cccc(NC(=O)CSc2nc3c([nH]c4ccccc43)c(=O)n2-c2cccc(C(F)(F)F)c2)c1C.